The van der Waals surface area contributed by atoms with Gasteiger partial charge in [0.1, 0.15) is 0 Å². The van der Waals surface area contributed by atoms with E-state index in [1.165, 1.54) is 43.5 Å². The number of alkyl halides is 3. The molecular formula is C23H22Cl2F3NO4. The standard InChI is InChI=1S/C23H22Cl2F3NO4/c1-12(23(26,27)28)18(13-3-6-15(24)7-4-13)20(30)29-17-11-14(5-8-16(17)25)19(33-2)22(9-10-22)21(31)32/h3-8,11-12,18-19H,9-10H2,1-2H3,(H,29,30)(H,31,32)/t12-,18+,19?/m1/s1. The van der Waals surface area contributed by atoms with Gasteiger partial charge in [-0.25, -0.2) is 0 Å². The number of rotatable bonds is 8. The second-order valence-electron chi connectivity index (χ2n) is 8.17. The van der Waals surface area contributed by atoms with Crippen molar-refractivity contribution < 1.29 is 32.6 Å². The fraction of sp³-hybridized carbons (Fsp3) is 0.391. The van der Waals surface area contributed by atoms with E-state index in [4.69, 9.17) is 27.9 Å². The number of benzene rings is 2. The lowest BCUT2D eigenvalue weighted by Gasteiger charge is -2.27. The number of halogens is 5. The predicted octanol–water partition coefficient (Wildman–Crippen LogP) is 6.47. The van der Waals surface area contributed by atoms with Crippen molar-refractivity contribution in [3.8, 4) is 0 Å². The van der Waals surface area contributed by atoms with E-state index in [9.17, 15) is 27.9 Å². The number of aliphatic carboxylic acids is 1. The third-order valence-corrected chi connectivity index (χ3v) is 6.61. The molecular weight excluding hydrogens is 482 g/mol. The van der Waals surface area contributed by atoms with Crippen LogP contribution in [0.15, 0.2) is 42.5 Å². The van der Waals surface area contributed by atoms with Gasteiger partial charge in [-0.1, -0.05) is 48.3 Å². The van der Waals surface area contributed by atoms with E-state index in [1.807, 2.05) is 0 Å². The van der Waals surface area contributed by atoms with Crippen LogP contribution in [0.3, 0.4) is 0 Å². The monoisotopic (exact) mass is 503 g/mol. The van der Waals surface area contributed by atoms with Gasteiger partial charge >= 0.3 is 12.1 Å². The molecule has 0 bridgehead atoms. The Balaban J connectivity index is 1.94. The molecule has 178 valence electrons. The molecule has 0 heterocycles. The zero-order valence-electron chi connectivity index (χ0n) is 17.7. The second kappa shape index (κ2) is 9.52. The van der Waals surface area contributed by atoms with Crippen LogP contribution in [0.4, 0.5) is 18.9 Å². The molecule has 2 aromatic carbocycles. The van der Waals surface area contributed by atoms with Crippen molar-refractivity contribution in [3.05, 3.63) is 63.6 Å². The lowest BCUT2D eigenvalue weighted by atomic mass is 9.85. The Labute approximate surface area is 198 Å². The summed E-state index contributed by atoms with van der Waals surface area (Å²) in [4.78, 5) is 24.8. The van der Waals surface area contributed by atoms with E-state index in [2.05, 4.69) is 5.32 Å². The maximum atomic E-state index is 13.6. The van der Waals surface area contributed by atoms with Gasteiger partial charge in [0.25, 0.3) is 0 Å². The van der Waals surface area contributed by atoms with Gasteiger partial charge in [0, 0.05) is 12.1 Å². The Morgan fingerprint density at radius 2 is 1.67 bits per heavy atom. The summed E-state index contributed by atoms with van der Waals surface area (Å²) in [6, 6.07) is 10.0. The van der Waals surface area contributed by atoms with Gasteiger partial charge in [-0.15, -0.1) is 0 Å². The molecule has 1 aliphatic carbocycles. The van der Waals surface area contributed by atoms with Gasteiger partial charge in [-0.05, 0) is 48.2 Å². The SMILES string of the molecule is COC(c1ccc(Cl)c(NC(=O)[C@H](c2ccc(Cl)cc2)[C@@H](C)C(F)(F)F)c1)C1(C(=O)O)CC1. The molecule has 3 atom stereocenters. The van der Waals surface area contributed by atoms with Crippen molar-refractivity contribution in [2.24, 2.45) is 11.3 Å². The first-order valence-corrected chi connectivity index (χ1v) is 10.8. The molecule has 1 fully saturated rings. The number of anilines is 1. The maximum absolute atomic E-state index is 13.6. The molecule has 0 spiro atoms. The van der Waals surface area contributed by atoms with Crippen LogP contribution in [0.25, 0.3) is 0 Å². The van der Waals surface area contributed by atoms with E-state index in [0.717, 1.165) is 6.92 Å². The summed E-state index contributed by atoms with van der Waals surface area (Å²) in [5.74, 6) is -5.46. The summed E-state index contributed by atoms with van der Waals surface area (Å²) in [7, 11) is 1.38. The molecule has 1 unspecified atom stereocenters. The molecule has 1 amide bonds. The van der Waals surface area contributed by atoms with Crippen molar-refractivity contribution in [3.63, 3.8) is 0 Å². The molecule has 5 nitrogen and oxygen atoms in total. The van der Waals surface area contributed by atoms with Gasteiger partial charge in [0.05, 0.1) is 34.1 Å². The third-order valence-electron chi connectivity index (χ3n) is 6.03. The summed E-state index contributed by atoms with van der Waals surface area (Å²) >= 11 is 12.1. The number of amides is 1. The van der Waals surface area contributed by atoms with Gasteiger partial charge in [0.15, 0.2) is 0 Å². The highest BCUT2D eigenvalue weighted by Gasteiger charge is 2.57. The smallest absolute Gasteiger partial charge is 0.392 e. The summed E-state index contributed by atoms with van der Waals surface area (Å²) < 4.78 is 46.1. The Morgan fingerprint density at radius 1 is 1.09 bits per heavy atom. The summed E-state index contributed by atoms with van der Waals surface area (Å²) in [5.41, 5.74) is -0.424. The molecule has 10 heteroatoms. The Kier molecular flexibility index (Phi) is 7.31. The van der Waals surface area contributed by atoms with E-state index in [-0.39, 0.29) is 16.3 Å². The fourth-order valence-electron chi connectivity index (χ4n) is 3.94. The predicted molar refractivity (Wildman–Crippen MR) is 119 cm³/mol. The van der Waals surface area contributed by atoms with Crippen LogP contribution in [-0.4, -0.2) is 30.3 Å². The van der Waals surface area contributed by atoms with E-state index in [1.54, 1.807) is 6.07 Å². The first-order valence-electron chi connectivity index (χ1n) is 10.1. The first-order chi connectivity index (χ1) is 15.4. The van der Waals surface area contributed by atoms with Crippen LogP contribution in [0, 0.1) is 11.3 Å². The number of carboxylic acid groups (broad SMARTS) is 1. The fourth-order valence-corrected chi connectivity index (χ4v) is 4.23. The second-order valence-corrected chi connectivity index (χ2v) is 9.01. The van der Waals surface area contributed by atoms with E-state index < -0.39 is 41.4 Å². The van der Waals surface area contributed by atoms with Crippen LogP contribution >= 0.6 is 23.2 Å². The summed E-state index contributed by atoms with van der Waals surface area (Å²) in [5, 5.41) is 12.5. The molecule has 3 rings (SSSR count). The zero-order chi connectivity index (χ0) is 24.6. The van der Waals surface area contributed by atoms with Gasteiger partial charge in [-0.2, -0.15) is 13.2 Å². The molecule has 2 N–H and O–H groups in total. The number of ether oxygens (including phenoxy) is 1. The van der Waals surface area contributed by atoms with Crippen LogP contribution in [0.5, 0.6) is 0 Å². The minimum absolute atomic E-state index is 0.0655. The van der Waals surface area contributed by atoms with Gasteiger partial charge in [-0.3, -0.25) is 9.59 Å². The summed E-state index contributed by atoms with van der Waals surface area (Å²) in [6.07, 6.45) is -4.59. The number of methoxy groups -OCH3 is 1. The largest absolute Gasteiger partial charge is 0.481 e. The average molecular weight is 504 g/mol. The minimum atomic E-state index is -4.63. The Morgan fingerprint density at radius 3 is 2.15 bits per heavy atom. The number of carbonyl (C=O) groups excluding carboxylic acids is 1. The minimum Gasteiger partial charge on any atom is -0.481 e. The Hall–Kier alpha value is -2.29. The van der Waals surface area contributed by atoms with Crippen molar-refractivity contribution in [1.82, 2.24) is 0 Å². The van der Waals surface area contributed by atoms with Crippen LogP contribution in [0.1, 0.15) is 42.9 Å². The molecule has 2 aromatic rings. The van der Waals surface area contributed by atoms with Crippen LogP contribution in [0.2, 0.25) is 10.0 Å². The number of nitrogens with one attached hydrogen (secondary N) is 1. The number of carbonyl (C=O) groups is 2. The van der Waals surface area contributed by atoms with Crippen LogP contribution in [-0.2, 0) is 14.3 Å². The molecule has 0 radical (unpaired) electrons. The molecule has 0 aliphatic heterocycles. The van der Waals surface area contributed by atoms with Crippen molar-refractivity contribution in [1.29, 1.82) is 0 Å². The molecule has 1 aliphatic rings. The average Bonchev–Trinajstić information content (AvgIpc) is 3.53. The van der Waals surface area contributed by atoms with E-state index in [0.29, 0.717) is 23.4 Å². The number of hydrogen-bond donors (Lipinski definition) is 2. The lowest BCUT2D eigenvalue weighted by Crippen LogP contribution is -2.34. The summed E-state index contributed by atoms with van der Waals surface area (Å²) in [6.45, 7) is 0.932. The highest BCUT2D eigenvalue weighted by molar-refractivity contribution is 6.33. The van der Waals surface area contributed by atoms with Crippen molar-refractivity contribution in [2.75, 3.05) is 12.4 Å². The highest BCUT2D eigenvalue weighted by Crippen LogP contribution is 2.57. The molecule has 33 heavy (non-hydrogen) atoms. The third kappa shape index (κ3) is 5.28. The number of carboxylic acids is 1. The van der Waals surface area contributed by atoms with Gasteiger partial charge in [0.2, 0.25) is 5.91 Å². The first kappa shape index (κ1) is 25.3. The normalized spacial score (nSPS) is 17.7. The number of hydrogen-bond acceptors (Lipinski definition) is 3. The Bertz CT molecular complexity index is 1040. The van der Waals surface area contributed by atoms with E-state index >= 15 is 0 Å². The van der Waals surface area contributed by atoms with Crippen molar-refractivity contribution >= 4 is 40.8 Å². The molecule has 0 saturated heterocycles. The molecule has 1 saturated carbocycles. The topological polar surface area (TPSA) is 75.6 Å². The molecule has 0 aromatic heterocycles. The zero-order valence-corrected chi connectivity index (χ0v) is 19.3. The highest BCUT2D eigenvalue weighted by atomic mass is 35.5. The van der Waals surface area contributed by atoms with Crippen molar-refractivity contribution in [2.45, 2.75) is 38.0 Å². The van der Waals surface area contributed by atoms with Crippen LogP contribution < -0.4 is 5.32 Å². The quantitative estimate of drug-likeness (QED) is 0.433. The lowest BCUT2D eigenvalue weighted by molar-refractivity contribution is -0.178. The van der Waals surface area contributed by atoms with Gasteiger partial charge < -0.3 is 15.2 Å². The maximum Gasteiger partial charge on any atom is 0.392 e.